The van der Waals surface area contributed by atoms with E-state index in [2.05, 4.69) is 4.98 Å². The van der Waals surface area contributed by atoms with Crippen molar-refractivity contribution >= 4 is 22.9 Å². The number of halogens is 1. The van der Waals surface area contributed by atoms with E-state index >= 15 is 0 Å². The first-order valence-corrected chi connectivity index (χ1v) is 6.24. The van der Waals surface area contributed by atoms with Gasteiger partial charge in [0, 0.05) is 18.8 Å². The fourth-order valence-corrected chi connectivity index (χ4v) is 2.81. The van der Waals surface area contributed by atoms with Gasteiger partial charge in [-0.1, -0.05) is 11.6 Å². The lowest BCUT2D eigenvalue weighted by Crippen LogP contribution is -2.00. The Hall–Kier alpha value is -0.900. The molecule has 1 atom stereocenters. The SMILES string of the molecule is Cc1csc(C(O)Cc2ccncc2)c1Cl. The van der Waals surface area contributed by atoms with E-state index in [-0.39, 0.29) is 0 Å². The molecule has 0 bridgehead atoms. The molecule has 2 nitrogen and oxygen atoms in total. The Morgan fingerprint density at radius 1 is 1.44 bits per heavy atom. The minimum absolute atomic E-state index is 0.534. The summed E-state index contributed by atoms with van der Waals surface area (Å²) < 4.78 is 0. The number of nitrogens with zero attached hydrogens (tertiary/aromatic N) is 1. The van der Waals surface area contributed by atoms with Gasteiger partial charge in [-0.05, 0) is 35.6 Å². The van der Waals surface area contributed by atoms with Gasteiger partial charge in [-0.15, -0.1) is 11.3 Å². The molecular formula is C12H12ClNOS. The normalized spacial score (nSPS) is 12.7. The van der Waals surface area contributed by atoms with Crippen LogP contribution in [0.2, 0.25) is 5.02 Å². The maximum atomic E-state index is 10.1. The lowest BCUT2D eigenvalue weighted by atomic mass is 10.1. The first-order valence-electron chi connectivity index (χ1n) is 4.99. The number of rotatable bonds is 3. The molecule has 0 fully saturated rings. The molecule has 0 saturated carbocycles. The summed E-state index contributed by atoms with van der Waals surface area (Å²) in [5, 5.41) is 12.7. The van der Waals surface area contributed by atoms with Gasteiger partial charge in [0.25, 0.3) is 0 Å². The highest BCUT2D eigenvalue weighted by Crippen LogP contribution is 2.33. The van der Waals surface area contributed by atoms with E-state index in [1.54, 1.807) is 12.4 Å². The summed E-state index contributed by atoms with van der Waals surface area (Å²) in [5.74, 6) is 0. The van der Waals surface area contributed by atoms with Gasteiger partial charge < -0.3 is 5.11 Å². The van der Waals surface area contributed by atoms with Crippen LogP contribution in [0.5, 0.6) is 0 Å². The number of hydrogen-bond acceptors (Lipinski definition) is 3. The van der Waals surface area contributed by atoms with Crippen molar-refractivity contribution in [1.29, 1.82) is 0 Å². The molecule has 84 valence electrons. The molecule has 2 aromatic heterocycles. The number of thiophene rings is 1. The van der Waals surface area contributed by atoms with E-state index < -0.39 is 6.10 Å². The highest BCUT2D eigenvalue weighted by molar-refractivity contribution is 7.10. The molecule has 0 spiro atoms. The van der Waals surface area contributed by atoms with Crippen molar-refractivity contribution in [3.05, 3.63) is 50.9 Å². The zero-order valence-corrected chi connectivity index (χ0v) is 10.4. The largest absolute Gasteiger partial charge is 0.387 e. The van der Waals surface area contributed by atoms with Crippen molar-refractivity contribution in [3.8, 4) is 0 Å². The molecule has 1 unspecified atom stereocenters. The predicted molar refractivity (Wildman–Crippen MR) is 67.0 cm³/mol. The topological polar surface area (TPSA) is 33.1 Å². The first-order chi connectivity index (χ1) is 7.68. The van der Waals surface area contributed by atoms with Crippen molar-refractivity contribution in [1.82, 2.24) is 4.98 Å². The molecule has 16 heavy (non-hydrogen) atoms. The van der Waals surface area contributed by atoms with E-state index in [1.165, 1.54) is 11.3 Å². The van der Waals surface area contributed by atoms with Crippen molar-refractivity contribution < 1.29 is 5.11 Å². The van der Waals surface area contributed by atoms with E-state index in [9.17, 15) is 5.11 Å². The highest BCUT2D eigenvalue weighted by Gasteiger charge is 2.15. The number of aromatic nitrogens is 1. The molecular weight excluding hydrogens is 242 g/mol. The summed E-state index contributed by atoms with van der Waals surface area (Å²) in [5.41, 5.74) is 2.08. The van der Waals surface area contributed by atoms with Crippen LogP contribution >= 0.6 is 22.9 Å². The zero-order valence-electron chi connectivity index (χ0n) is 8.85. The smallest absolute Gasteiger partial charge is 0.0937 e. The van der Waals surface area contributed by atoms with Crippen LogP contribution in [0.4, 0.5) is 0 Å². The molecule has 0 aliphatic heterocycles. The summed E-state index contributed by atoms with van der Waals surface area (Å²) in [6.07, 6.45) is 3.49. The molecule has 0 amide bonds. The molecule has 0 aromatic carbocycles. The minimum Gasteiger partial charge on any atom is -0.387 e. The summed E-state index contributed by atoms with van der Waals surface area (Å²) in [4.78, 5) is 4.79. The maximum absolute atomic E-state index is 10.1. The fourth-order valence-electron chi connectivity index (χ4n) is 1.51. The van der Waals surface area contributed by atoms with Crippen LogP contribution in [0.15, 0.2) is 29.9 Å². The summed E-state index contributed by atoms with van der Waals surface area (Å²) in [7, 11) is 0. The average molecular weight is 254 g/mol. The third-order valence-corrected chi connectivity index (χ3v) is 4.22. The molecule has 0 saturated heterocycles. The summed E-state index contributed by atoms with van der Waals surface area (Å²) in [6.45, 7) is 1.95. The number of aliphatic hydroxyl groups is 1. The van der Waals surface area contributed by atoms with E-state index in [0.29, 0.717) is 11.4 Å². The van der Waals surface area contributed by atoms with Crippen LogP contribution in [-0.2, 0) is 6.42 Å². The van der Waals surface area contributed by atoms with Crippen LogP contribution < -0.4 is 0 Å². The molecule has 4 heteroatoms. The Bertz CT molecular complexity index is 469. The first kappa shape index (κ1) is 11.6. The maximum Gasteiger partial charge on any atom is 0.0937 e. The third-order valence-electron chi connectivity index (χ3n) is 2.41. The molecule has 0 aliphatic carbocycles. The lowest BCUT2D eigenvalue weighted by Gasteiger charge is -2.09. The number of aryl methyl sites for hydroxylation is 1. The van der Waals surface area contributed by atoms with Gasteiger partial charge in [0.15, 0.2) is 0 Å². The highest BCUT2D eigenvalue weighted by atomic mass is 35.5. The van der Waals surface area contributed by atoms with Gasteiger partial charge in [-0.2, -0.15) is 0 Å². The van der Waals surface area contributed by atoms with Crippen LogP contribution in [-0.4, -0.2) is 10.1 Å². The lowest BCUT2D eigenvalue weighted by molar-refractivity contribution is 0.182. The Kier molecular flexibility index (Phi) is 3.59. The molecule has 0 aliphatic rings. The summed E-state index contributed by atoms with van der Waals surface area (Å²) >= 11 is 7.61. The van der Waals surface area contributed by atoms with Crippen molar-refractivity contribution in [2.45, 2.75) is 19.4 Å². The minimum atomic E-state index is -0.534. The standard InChI is InChI=1S/C12H12ClNOS/c1-8-7-16-12(11(8)13)10(15)6-9-2-4-14-5-3-9/h2-5,7,10,15H,6H2,1H3. The Balaban J connectivity index is 2.15. The Morgan fingerprint density at radius 2 is 2.12 bits per heavy atom. The van der Waals surface area contributed by atoms with Gasteiger partial charge in [0.2, 0.25) is 0 Å². The zero-order chi connectivity index (χ0) is 11.5. The second-order valence-electron chi connectivity index (χ2n) is 3.67. The number of pyridine rings is 1. The second-order valence-corrected chi connectivity index (χ2v) is 4.96. The number of hydrogen-bond donors (Lipinski definition) is 1. The van der Waals surface area contributed by atoms with Crippen molar-refractivity contribution in [2.24, 2.45) is 0 Å². The van der Waals surface area contributed by atoms with E-state index in [1.807, 2.05) is 24.4 Å². The van der Waals surface area contributed by atoms with E-state index in [0.717, 1.165) is 16.0 Å². The third kappa shape index (κ3) is 2.43. The Morgan fingerprint density at radius 3 is 2.69 bits per heavy atom. The molecule has 2 aromatic rings. The van der Waals surface area contributed by atoms with Crippen LogP contribution in [0, 0.1) is 6.92 Å². The van der Waals surface area contributed by atoms with Gasteiger partial charge in [-0.3, -0.25) is 4.98 Å². The Labute approximate surface area is 104 Å². The molecule has 0 radical (unpaired) electrons. The second kappa shape index (κ2) is 4.95. The van der Waals surface area contributed by atoms with Crippen LogP contribution in [0.3, 0.4) is 0 Å². The van der Waals surface area contributed by atoms with Gasteiger partial charge >= 0.3 is 0 Å². The fraction of sp³-hybridized carbons (Fsp3) is 0.250. The predicted octanol–water partition coefficient (Wildman–Crippen LogP) is 3.38. The van der Waals surface area contributed by atoms with E-state index in [4.69, 9.17) is 11.6 Å². The van der Waals surface area contributed by atoms with Crippen molar-refractivity contribution in [3.63, 3.8) is 0 Å². The van der Waals surface area contributed by atoms with Gasteiger partial charge in [0.05, 0.1) is 16.0 Å². The monoisotopic (exact) mass is 253 g/mol. The molecule has 1 N–H and O–H groups in total. The number of aliphatic hydroxyl groups excluding tert-OH is 1. The molecule has 2 heterocycles. The van der Waals surface area contributed by atoms with Crippen LogP contribution in [0.25, 0.3) is 0 Å². The average Bonchev–Trinajstić information content (AvgIpc) is 2.61. The summed E-state index contributed by atoms with van der Waals surface area (Å²) in [6, 6.07) is 3.80. The van der Waals surface area contributed by atoms with Crippen LogP contribution in [0.1, 0.15) is 22.1 Å². The quantitative estimate of drug-likeness (QED) is 0.910. The van der Waals surface area contributed by atoms with Gasteiger partial charge in [0.1, 0.15) is 0 Å². The van der Waals surface area contributed by atoms with Gasteiger partial charge in [-0.25, -0.2) is 0 Å². The molecule has 2 rings (SSSR count). The van der Waals surface area contributed by atoms with Crippen molar-refractivity contribution in [2.75, 3.05) is 0 Å².